The third-order valence-corrected chi connectivity index (χ3v) is 7.10. The zero-order valence-electron chi connectivity index (χ0n) is 18.3. The number of nitrogens with two attached hydrogens (primary N) is 1. The van der Waals surface area contributed by atoms with Gasteiger partial charge in [-0.2, -0.15) is 0 Å². The maximum Gasteiger partial charge on any atom is 0.281 e. The largest absolute Gasteiger partial charge is 0.336 e. The molecule has 0 radical (unpaired) electrons. The van der Waals surface area contributed by atoms with E-state index >= 15 is 0 Å². The molecule has 0 aliphatic carbocycles. The van der Waals surface area contributed by atoms with Crippen LogP contribution in [0.4, 0.5) is 5.13 Å². The first-order valence-corrected chi connectivity index (χ1v) is 11.8. The van der Waals surface area contributed by atoms with Crippen molar-refractivity contribution in [3.05, 3.63) is 76.6 Å². The van der Waals surface area contributed by atoms with Crippen molar-refractivity contribution in [2.24, 2.45) is 12.8 Å². The fourth-order valence-corrected chi connectivity index (χ4v) is 5.37. The van der Waals surface area contributed by atoms with Crippen molar-refractivity contribution in [3.63, 3.8) is 0 Å². The van der Waals surface area contributed by atoms with Crippen molar-refractivity contribution in [2.75, 3.05) is 11.4 Å². The fraction of sp³-hybridized carbons (Fsp3) is 0.280. The molecule has 168 valence electrons. The van der Waals surface area contributed by atoms with Crippen LogP contribution >= 0.6 is 11.3 Å². The van der Waals surface area contributed by atoms with Crippen LogP contribution in [0.5, 0.6) is 0 Å². The number of nitrogens with zero attached hydrogens (tertiary/aromatic N) is 4. The van der Waals surface area contributed by atoms with Crippen molar-refractivity contribution in [2.45, 2.75) is 31.3 Å². The van der Waals surface area contributed by atoms with E-state index in [4.69, 9.17) is 10.7 Å². The van der Waals surface area contributed by atoms with E-state index in [2.05, 4.69) is 4.98 Å². The Morgan fingerprint density at radius 2 is 1.79 bits per heavy atom. The number of aryl methyl sites for hydroxylation is 1. The highest BCUT2D eigenvalue weighted by Gasteiger charge is 2.36. The highest BCUT2D eigenvalue weighted by molar-refractivity contribution is 7.21. The van der Waals surface area contributed by atoms with Gasteiger partial charge < -0.3 is 10.6 Å². The average Bonchev–Trinajstić information content (AvgIpc) is 3.44. The van der Waals surface area contributed by atoms with E-state index in [1.807, 2.05) is 65.6 Å². The zero-order valence-corrected chi connectivity index (χ0v) is 19.2. The minimum absolute atomic E-state index is 0.113. The minimum Gasteiger partial charge on any atom is -0.336 e. The van der Waals surface area contributed by atoms with Gasteiger partial charge in [-0.25, -0.2) is 9.97 Å². The van der Waals surface area contributed by atoms with Crippen molar-refractivity contribution in [3.8, 4) is 11.4 Å². The number of anilines is 1. The molecule has 7 nitrogen and oxygen atoms in total. The van der Waals surface area contributed by atoms with Gasteiger partial charge in [0.15, 0.2) is 21.3 Å². The molecular weight excluding hydrogens is 434 g/mol. The number of fused-ring (bicyclic) bond motifs is 1. The average molecular weight is 460 g/mol. The summed E-state index contributed by atoms with van der Waals surface area (Å²) in [4.78, 5) is 38.1. The summed E-state index contributed by atoms with van der Waals surface area (Å²) in [5.74, 6) is 0.744. The van der Waals surface area contributed by atoms with Gasteiger partial charge in [0.05, 0.1) is 6.04 Å². The first-order chi connectivity index (χ1) is 16.0. The lowest BCUT2D eigenvalue weighted by Gasteiger charge is -2.22. The molecule has 4 aromatic rings. The third kappa shape index (κ3) is 4.19. The van der Waals surface area contributed by atoms with Gasteiger partial charge in [-0.3, -0.25) is 14.2 Å². The van der Waals surface area contributed by atoms with Crippen LogP contribution in [0.1, 0.15) is 18.4 Å². The number of hydrogen-bond donors (Lipinski definition) is 1. The van der Waals surface area contributed by atoms with Crippen molar-refractivity contribution >= 4 is 32.6 Å². The molecule has 0 amide bonds. The Bertz CT molecular complexity index is 1350. The van der Waals surface area contributed by atoms with E-state index in [0.717, 1.165) is 11.1 Å². The quantitative estimate of drug-likeness (QED) is 0.476. The van der Waals surface area contributed by atoms with Gasteiger partial charge in [-0.15, -0.1) is 0 Å². The molecule has 1 aliphatic rings. The van der Waals surface area contributed by atoms with E-state index in [9.17, 15) is 9.59 Å². The number of aromatic nitrogens is 3. The number of rotatable bonds is 6. The Balaban J connectivity index is 1.45. The summed E-state index contributed by atoms with van der Waals surface area (Å²) in [6, 6.07) is 19.2. The van der Waals surface area contributed by atoms with Gasteiger partial charge in [0.2, 0.25) is 0 Å². The molecule has 2 atom stereocenters. The standard InChI is InChI=1S/C25H25N5O2S/c1-29-22(17-10-6-3-7-11-17)28-23-21(24(29)32)27-25(33-23)30-15-18(26)14-19(30)20(31)13-12-16-8-4-2-5-9-16/h2-11,18-19H,12-15,26H2,1H3/t18-,19+/m0/s1. The van der Waals surface area contributed by atoms with E-state index in [0.29, 0.717) is 47.1 Å². The summed E-state index contributed by atoms with van der Waals surface area (Å²) >= 11 is 1.35. The van der Waals surface area contributed by atoms with E-state index in [1.165, 1.54) is 15.9 Å². The van der Waals surface area contributed by atoms with Gasteiger partial charge in [0.1, 0.15) is 5.82 Å². The molecule has 0 bridgehead atoms. The molecule has 1 aliphatic heterocycles. The van der Waals surface area contributed by atoms with Crippen molar-refractivity contribution in [1.82, 2.24) is 14.5 Å². The lowest BCUT2D eigenvalue weighted by atomic mass is 10.0. The van der Waals surface area contributed by atoms with Crippen molar-refractivity contribution in [1.29, 1.82) is 0 Å². The fourth-order valence-electron chi connectivity index (χ4n) is 4.37. The summed E-state index contributed by atoms with van der Waals surface area (Å²) in [6.45, 7) is 0.535. The normalized spacial score (nSPS) is 18.2. The summed E-state index contributed by atoms with van der Waals surface area (Å²) in [5.41, 5.74) is 8.38. The molecule has 8 heteroatoms. The van der Waals surface area contributed by atoms with Gasteiger partial charge in [-0.05, 0) is 18.4 Å². The second-order valence-corrected chi connectivity index (χ2v) is 9.39. The van der Waals surface area contributed by atoms with Crippen LogP contribution in [0.25, 0.3) is 21.7 Å². The van der Waals surface area contributed by atoms with Crippen LogP contribution < -0.4 is 16.2 Å². The first kappa shape index (κ1) is 21.5. The molecule has 33 heavy (non-hydrogen) atoms. The Morgan fingerprint density at radius 1 is 1.09 bits per heavy atom. The predicted molar refractivity (Wildman–Crippen MR) is 132 cm³/mol. The number of ketones is 1. The predicted octanol–water partition coefficient (Wildman–Crippen LogP) is 3.16. The van der Waals surface area contributed by atoms with Crippen LogP contribution in [-0.2, 0) is 18.3 Å². The molecule has 0 spiro atoms. The molecule has 0 unspecified atom stereocenters. The summed E-state index contributed by atoms with van der Waals surface area (Å²) in [5, 5.41) is 0.630. The Kier molecular flexibility index (Phi) is 5.78. The third-order valence-electron chi connectivity index (χ3n) is 6.12. The number of hydrogen-bond acceptors (Lipinski definition) is 7. The monoisotopic (exact) mass is 459 g/mol. The number of Topliss-reactive ketones (excluding diaryl/α,β-unsaturated/α-hetero) is 1. The first-order valence-electron chi connectivity index (χ1n) is 11.0. The lowest BCUT2D eigenvalue weighted by molar-refractivity contribution is -0.120. The molecule has 1 saturated heterocycles. The van der Waals surface area contributed by atoms with Crippen molar-refractivity contribution < 1.29 is 4.79 Å². The topological polar surface area (TPSA) is 94.1 Å². The second-order valence-electron chi connectivity index (χ2n) is 8.43. The number of carbonyl (C=O) groups is 1. The van der Waals surface area contributed by atoms with Crippen LogP contribution in [0, 0.1) is 0 Å². The van der Waals surface area contributed by atoms with Crippen LogP contribution in [-0.4, -0.2) is 38.9 Å². The van der Waals surface area contributed by atoms with Crippen LogP contribution in [0.15, 0.2) is 65.5 Å². The van der Waals surface area contributed by atoms with Crippen LogP contribution in [0.3, 0.4) is 0 Å². The zero-order chi connectivity index (χ0) is 22.9. The molecule has 2 N–H and O–H groups in total. The Hall–Kier alpha value is -3.36. The van der Waals surface area contributed by atoms with E-state index < -0.39 is 0 Å². The lowest BCUT2D eigenvalue weighted by Crippen LogP contribution is -2.36. The summed E-state index contributed by atoms with van der Waals surface area (Å²) in [7, 11) is 1.71. The van der Waals surface area contributed by atoms with E-state index in [1.54, 1.807) is 7.05 Å². The minimum atomic E-state index is -0.332. The summed E-state index contributed by atoms with van der Waals surface area (Å²) < 4.78 is 1.53. The SMILES string of the molecule is Cn1c(-c2ccccc2)nc2sc(N3C[C@@H](N)C[C@@H]3C(=O)CCc3ccccc3)nc2c1=O. The van der Waals surface area contributed by atoms with Gasteiger partial charge in [-0.1, -0.05) is 72.0 Å². The molecular formula is C25H25N5O2S. The smallest absolute Gasteiger partial charge is 0.281 e. The Labute approximate surface area is 195 Å². The second kappa shape index (κ2) is 8.88. The van der Waals surface area contributed by atoms with Gasteiger partial charge >= 0.3 is 0 Å². The van der Waals surface area contributed by atoms with Gasteiger partial charge in [0, 0.05) is 31.6 Å². The molecule has 5 rings (SSSR count). The molecule has 0 saturated carbocycles. The Morgan fingerprint density at radius 3 is 2.52 bits per heavy atom. The highest BCUT2D eigenvalue weighted by atomic mass is 32.1. The molecule has 3 heterocycles. The van der Waals surface area contributed by atoms with E-state index in [-0.39, 0.29) is 23.4 Å². The number of benzene rings is 2. The maximum atomic E-state index is 13.1. The van der Waals surface area contributed by atoms with Gasteiger partial charge in [0.25, 0.3) is 5.56 Å². The molecule has 2 aromatic heterocycles. The number of carbonyl (C=O) groups excluding carboxylic acids is 1. The maximum absolute atomic E-state index is 13.1. The highest BCUT2D eigenvalue weighted by Crippen LogP contribution is 2.33. The van der Waals surface area contributed by atoms with Crippen LogP contribution in [0.2, 0.25) is 0 Å². The number of thiazole rings is 1. The molecule has 2 aromatic carbocycles. The summed E-state index contributed by atoms with van der Waals surface area (Å²) in [6.07, 6.45) is 1.73. The molecule has 1 fully saturated rings.